The van der Waals surface area contributed by atoms with Crippen molar-refractivity contribution < 1.29 is 14.3 Å². The van der Waals surface area contributed by atoms with E-state index in [1.807, 2.05) is 41.3 Å². The van der Waals surface area contributed by atoms with Crippen LogP contribution >= 0.6 is 11.6 Å². The topological polar surface area (TPSA) is 65.1 Å². The van der Waals surface area contributed by atoms with Gasteiger partial charge in [-0.3, -0.25) is 9.59 Å². The summed E-state index contributed by atoms with van der Waals surface area (Å²) in [7, 11) is 0. The number of hydrogen-bond donors (Lipinski definition) is 1. The summed E-state index contributed by atoms with van der Waals surface area (Å²) in [5.41, 5.74) is 3.19. The monoisotopic (exact) mass is 442 g/mol. The molecule has 2 aliphatic heterocycles. The van der Waals surface area contributed by atoms with Crippen molar-refractivity contribution in [2.45, 2.75) is 6.92 Å². The Morgan fingerprint density at radius 2 is 1.58 bits per heavy atom. The van der Waals surface area contributed by atoms with Gasteiger partial charge < -0.3 is 24.8 Å². The zero-order valence-electron chi connectivity index (χ0n) is 17.6. The summed E-state index contributed by atoms with van der Waals surface area (Å²) in [6, 6.07) is 13.3. The third-order valence-corrected chi connectivity index (χ3v) is 5.98. The number of carbonyl (C=O) groups is 2. The number of halogens is 1. The molecule has 0 atom stereocenters. The van der Waals surface area contributed by atoms with Gasteiger partial charge in [0.1, 0.15) is 0 Å². The van der Waals surface area contributed by atoms with Gasteiger partial charge in [0.15, 0.2) is 0 Å². The summed E-state index contributed by atoms with van der Waals surface area (Å²) in [4.78, 5) is 31.2. The number of nitrogens with zero attached hydrogens (tertiary/aromatic N) is 3. The number of rotatable bonds is 4. The van der Waals surface area contributed by atoms with Gasteiger partial charge >= 0.3 is 0 Å². The molecule has 2 saturated heterocycles. The molecule has 2 heterocycles. The second-order valence-corrected chi connectivity index (χ2v) is 8.15. The molecule has 7 nitrogen and oxygen atoms in total. The maximum Gasteiger partial charge on any atom is 0.256 e. The summed E-state index contributed by atoms with van der Waals surface area (Å²) < 4.78 is 5.47. The van der Waals surface area contributed by atoms with E-state index in [4.69, 9.17) is 16.3 Å². The minimum atomic E-state index is -0.136. The molecule has 0 radical (unpaired) electrons. The molecule has 1 N–H and O–H groups in total. The minimum absolute atomic E-state index is 0.00896. The van der Waals surface area contributed by atoms with Crippen molar-refractivity contribution in [1.29, 1.82) is 0 Å². The Labute approximate surface area is 187 Å². The SMILES string of the molecule is CC(=O)Nc1ccc(C(=O)N2CCN(c3ccccc3Cl)CC2)c(N2CCOCC2)c1. The molecule has 31 heavy (non-hydrogen) atoms. The molecular weight excluding hydrogens is 416 g/mol. The Hall–Kier alpha value is -2.77. The van der Waals surface area contributed by atoms with Gasteiger partial charge in [0.2, 0.25) is 5.91 Å². The number of piperazine rings is 1. The highest BCUT2D eigenvalue weighted by Gasteiger charge is 2.27. The van der Waals surface area contributed by atoms with E-state index >= 15 is 0 Å². The first-order valence-electron chi connectivity index (χ1n) is 10.6. The van der Waals surface area contributed by atoms with Crippen LogP contribution in [0.15, 0.2) is 42.5 Å². The third kappa shape index (κ3) is 4.94. The number of morpholine rings is 1. The first kappa shape index (κ1) is 21.5. The molecule has 2 fully saturated rings. The van der Waals surface area contributed by atoms with Crippen LogP contribution in [-0.2, 0) is 9.53 Å². The van der Waals surface area contributed by atoms with E-state index in [-0.39, 0.29) is 11.8 Å². The van der Waals surface area contributed by atoms with Crippen LogP contribution in [0.1, 0.15) is 17.3 Å². The molecule has 164 valence electrons. The molecule has 0 spiro atoms. The minimum Gasteiger partial charge on any atom is -0.378 e. The van der Waals surface area contributed by atoms with E-state index in [0.29, 0.717) is 50.6 Å². The number of anilines is 3. The molecule has 4 rings (SSSR count). The Kier molecular flexibility index (Phi) is 6.63. The fraction of sp³-hybridized carbons (Fsp3) is 0.391. The lowest BCUT2D eigenvalue weighted by Crippen LogP contribution is -2.49. The fourth-order valence-corrected chi connectivity index (χ4v) is 4.34. The summed E-state index contributed by atoms with van der Waals surface area (Å²) in [6.07, 6.45) is 0. The predicted molar refractivity (Wildman–Crippen MR) is 123 cm³/mol. The molecule has 2 aliphatic rings. The zero-order chi connectivity index (χ0) is 21.8. The normalized spacial score (nSPS) is 16.9. The first-order valence-corrected chi connectivity index (χ1v) is 10.9. The molecule has 0 bridgehead atoms. The lowest BCUT2D eigenvalue weighted by Gasteiger charge is -2.37. The third-order valence-electron chi connectivity index (χ3n) is 5.66. The van der Waals surface area contributed by atoms with Gasteiger partial charge in [-0.05, 0) is 30.3 Å². The molecule has 2 aromatic carbocycles. The van der Waals surface area contributed by atoms with Crippen LogP contribution in [0.2, 0.25) is 5.02 Å². The highest BCUT2D eigenvalue weighted by atomic mass is 35.5. The van der Waals surface area contributed by atoms with Crippen LogP contribution in [0.3, 0.4) is 0 Å². The van der Waals surface area contributed by atoms with Crippen molar-refractivity contribution in [3.63, 3.8) is 0 Å². The fourth-order valence-electron chi connectivity index (χ4n) is 4.09. The number of benzene rings is 2. The number of carbonyl (C=O) groups excluding carboxylic acids is 2. The summed E-state index contributed by atoms with van der Waals surface area (Å²) >= 11 is 6.34. The van der Waals surface area contributed by atoms with Crippen LogP contribution in [0.5, 0.6) is 0 Å². The number of nitrogens with one attached hydrogen (secondary N) is 1. The Balaban J connectivity index is 1.52. The van der Waals surface area contributed by atoms with E-state index in [2.05, 4.69) is 15.1 Å². The van der Waals surface area contributed by atoms with Crippen LogP contribution in [-0.4, -0.2) is 69.2 Å². The van der Waals surface area contributed by atoms with Gasteiger partial charge in [-0.2, -0.15) is 0 Å². The highest BCUT2D eigenvalue weighted by Crippen LogP contribution is 2.29. The second-order valence-electron chi connectivity index (χ2n) is 7.74. The molecule has 2 amide bonds. The van der Waals surface area contributed by atoms with E-state index in [1.165, 1.54) is 6.92 Å². The largest absolute Gasteiger partial charge is 0.378 e. The molecular formula is C23H27ClN4O3. The van der Waals surface area contributed by atoms with Gasteiger partial charge in [-0.1, -0.05) is 23.7 Å². The van der Waals surface area contributed by atoms with Gasteiger partial charge in [-0.25, -0.2) is 0 Å². The second kappa shape index (κ2) is 9.58. The van der Waals surface area contributed by atoms with Gasteiger partial charge in [-0.15, -0.1) is 0 Å². The quantitative estimate of drug-likeness (QED) is 0.788. The Morgan fingerprint density at radius 3 is 2.26 bits per heavy atom. The van der Waals surface area contributed by atoms with Crippen LogP contribution in [0, 0.1) is 0 Å². The number of ether oxygens (including phenoxy) is 1. The standard InChI is InChI=1S/C23H27ClN4O3/c1-17(29)25-18-6-7-19(22(16-18)27-12-14-31-15-13-27)23(30)28-10-8-26(9-11-28)21-5-3-2-4-20(21)24/h2-7,16H,8-15H2,1H3,(H,25,29). The van der Waals surface area contributed by atoms with Crippen molar-refractivity contribution in [1.82, 2.24) is 4.90 Å². The van der Waals surface area contributed by atoms with E-state index in [1.54, 1.807) is 6.07 Å². The molecule has 0 saturated carbocycles. The summed E-state index contributed by atoms with van der Waals surface area (Å²) in [5, 5.41) is 3.55. The van der Waals surface area contributed by atoms with Crippen LogP contribution in [0.4, 0.5) is 17.1 Å². The van der Waals surface area contributed by atoms with E-state index < -0.39 is 0 Å². The molecule has 0 unspecified atom stereocenters. The van der Waals surface area contributed by atoms with Crippen molar-refractivity contribution in [3.05, 3.63) is 53.1 Å². The van der Waals surface area contributed by atoms with Crippen molar-refractivity contribution in [2.75, 3.05) is 67.6 Å². The zero-order valence-corrected chi connectivity index (χ0v) is 18.4. The summed E-state index contributed by atoms with van der Waals surface area (Å²) in [6.45, 7) is 6.85. The first-order chi connectivity index (χ1) is 15.0. The lowest BCUT2D eigenvalue weighted by atomic mass is 10.1. The molecule has 8 heteroatoms. The van der Waals surface area contributed by atoms with Crippen LogP contribution in [0.25, 0.3) is 0 Å². The highest BCUT2D eigenvalue weighted by molar-refractivity contribution is 6.33. The van der Waals surface area contributed by atoms with E-state index in [0.717, 1.165) is 29.5 Å². The van der Waals surface area contributed by atoms with Crippen molar-refractivity contribution >= 4 is 40.5 Å². The van der Waals surface area contributed by atoms with E-state index in [9.17, 15) is 9.59 Å². The molecule has 0 aromatic heterocycles. The number of para-hydroxylation sites is 1. The number of amides is 2. The van der Waals surface area contributed by atoms with Gasteiger partial charge in [0.05, 0.1) is 35.2 Å². The maximum absolute atomic E-state index is 13.4. The lowest BCUT2D eigenvalue weighted by molar-refractivity contribution is -0.114. The molecule has 0 aliphatic carbocycles. The van der Waals surface area contributed by atoms with Crippen molar-refractivity contribution in [2.24, 2.45) is 0 Å². The maximum atomic E-state index is 13.4. The Morgan fingerprint density at radius 1 is 0.903 bits per heavy atom. The average molecular weight is 443 g/mol. The predicted octanol–water partition coefficient (Wildman–Crippen LogP) is 3.10. The van der Waals surface area contributed by atoms with Crippen molar-refractivity contribution in [3.8, 4) is 0 Å². The smallest absolute Gasteiger partial charge is 0.256 e. The Bertz CT molecular complexity index is 954. The van der Waals surface area contributed by atoms with Gasteiger partial charge in [0.25, 0.3) is 5.91 Å². The summed E-state index contributed by atoms with van der Waals surface area (Å²) in [5.74, 6) is -0.127. The van der Waals surface area contributed by atoms with Crippen LogP contribution < -0.4 is 15.1 Å². The molecule has 2 aromatic rings. The average Bonchev–Trinajstić information content (AvgIpc) is 2.79. The van der Waals surface area contributed by atoms with Gasteiger partial charge in [0, 0.05) is 51.9 Å². The number of hydrogen-bond acceptors (Lipinski definition) is 5.